The molecule has 1 N–H and O–H groups in total. The van der Waals surface area contributed by atoms with Crippen LogP contribution in [0.3, 0.4) is 0 Å². The van der Waals surface area contributed by atoms with Crippen LogP contribution in [0.25, 0.3) is 0 Å². The average molecular weight is 226 g/mol. The minimum Gasteiger partial charge on any atom is -0.481 e. The standard InChI is InChI=1S/C10H8ClNO3/c11-8-3-1-2-7(12-8)10(9(14)15)4-6(13)5-10/h1-3H,4-5H2,(H,14,15). The lowest BCUT2D eigenvalue weighted by Crippen LogP contribution is -2.48. The maximum atomic E-state index is 11.1. The highest BCUT2D eigenvalue weighted by Crippen LogP contribution is 2.40. The van der Waals surface area contributed by atoms with Gasteiger partial charge in [-0.2, -0.15) is 0 Å². The first-order valence-corrected chi connectivity index (χ1v) is 4.80. The number of Topliss-reactive ketones (excluding diaryl/α,β-unsaturated/α-hetero) is 1. The van der Waals surface area contributed by atoms with Crippen molar-refractivity contribution in [2.75, 3.05) is 0 Å². The molecule has 5 heteroatoms. The summed E-state index contributed by atoms with van der Waals surface area (Å²) in [6.07, 6.45) is 0.0192. The Morgan fingerprint density at radius 3 is 2.60 bits per heavy atom. The fraction of sp³-hybridized carbons (Fsp3) is 0.300. The molecule has 1 fully saturated rings. The Morgan fingerprint density at radius 1 is 1.47 bits per heavy atom. The predicted molar refractivity (Wildman–Crippen MR) is 52.8 cm³/mol. The molecule has 2 rings (SSSR count). The number of aromatic nitrogens is 1. The molecule has 0 bridgehead atoms. The van der Waals surface area contributed by atoms with Gasteiger partial charge in [0, 0.05) is 12.8 Å². The second-order valence-electron chi connectivity index (χ2n) is 3.63. The molecule has 1 aromatic rings. The highest BCUT2D eigenvalue weighted by atomic mass is 35.5. The number of carboxylic acids is 1. The van der Waals surface area contributed by atoms with Gasteiger partial charge >= 0.3 is 5.97 Å². The molecule has 0 saturated heterocycles. The van der Waals surface area contributed by atoms with Crippen LogP contribution in [0.5, 0.6) is 0 Å². The Morgan fingerprint density at radius 2 is 2.13 bits per heavy atom. The molecule has 1 heterocycles. The summed E-state index contributed by atoms with van der Waals surface area (Å²) in [5.41, 5.74) is -0.788. The third kappa shape index (κ3) is 1.51. The zero-order valence-corrected chi connectivity index (χ0v) is 8.49. The largest absolute Gasteiger partial charge is 0.481 e. The van der Waals surface area contributed by atoms with Crippen molar-refractivity contribution >= 4 is 23.4 Å². The summed E-state index contributed by atoms with van der Waals surface area (Å²) in [5.74, 6) is -1.07. The van der Waals surface area contributed by atoms with Crippen LogP contribution in [0.4, 0.5) is 0 Å². The first-order chi connectivity index (χ1) is 7.04. The molecule has 1 saturated carbocycles. The van der Waals surface area contributed by atoms with Crippen molar-refractivity contribution in [3.63, 3.8) is 0 Å². The molecule has 1 aliphatic rings. The maximum absolute atomic E-state index is 11.1. The van der Waals surface area contributed by atoms with Crippen LogP contribution >= 0.6 is 11.6 Å². The van der Waals surface area contributed by atoms with E-state index in [1.165, 1.54) is 0 Å². The Hall–Kier alpha value is -1.42. The highest BCUT2D eigenvalue weighted by Gasteiger charge is 2.52. The molecular weight excluding hydrogens is 218 g/mol. The van der Waals surface area contributed by atoms with Crippen molar-refractivity contribution in [2.45, 2.75) is 18.3 Å². The Kier molecular flexibility index (Phi) is 2.23. The molecule has 1 aliphatic carbocycles. The number of nitrogens with zero attached hydrogens (tertiary/aromatic N) is 1. The number of halogens is 1. The second kappa shape index (κ2) is 3.31. The van der Waals surface area contributed by atoms with Gasteiger partial charge in [-0.3, -0.25) is 9.59 Å². The number of carbonyl (C=O) groups excluding carboxylic acids is 1. The molecule has 0 atom stereocenters. The van der Waals surface area contributed by atoms with Gasteiger partial charge in [0.2, 0.25) is 0 Å². The third-order valence-corrected chi connectivity index (χ3v) is 2.82. The fourth-order valence-corrected chi connectivity index (χ4v) is 1.90. The van der Waals surface area contributed by atoms with Gasteiger partial charge in [-0.25, -0.2) is 4.98 Å². The van der Waals surface area contributed by atoms with Crippen molar-refractivity contribution in [2.24, 2.45) is 0 Å². The topological polar surface area (TPSA) is 67.3 Å². The number of pyridine rings is 1. The van der Waals surface area contributed by atoms with E-state index in [4.69, 9.17) is 16.7 Å². The predicted octanol–water partition coefficient (Wildman–Crippen LogP) is 1.42. The molecule has 0 amide bonds. The van der Waals surface area contributed by atoms with Crippen molar-refractivity contribution in [3.05, 3.63) is 29.0 Å². The number of aliphatic carboxylic acids is 1. The lowest BCUT2D eigenvalue weighted by molar-refractivity contribution is -0.153. The Bertz CT molecular complexity index is 436. The van der Waals surface area contributed by atoms with Crippen LogP contribution in [-0.4, -0.2) is 21.8 Å². The van der Waals surface area contributed by atoms with Gasteiger partial charge in [-0.15, -0.1) is 0 Å². The Balaban J connectivity index is 2.43. The van der Waals surface area contributed by atoms with Gasteiger partial charge < -0.3 is 5.11 Å². The smallest absolute Gasteiger partial charge is 0.316 e. The van der Waals surface area contributed by atoms with E-state index in [0.717, 1.165) is 0 Å². The summed E-state index contributed by atoms with van der Waals surface area (Å²) in [5, 5.41) is 9.35. The first kappa shape index (κ1) is 10.1. The van der Waals surface area contributed by atoms with Gasteiger partial charge in [0.25, 0.3) is 0 Å². The number of hydrogen-bond acceptors (Lipinski definition) is 3. The molecule has 78 valence electrons. The summed E-state index contributed by atoms with van der Waals surface area (Å²) in [7, 11) is 0. The van der Waals surface area contributed by atoms with E-state index < -0.39 is 11.4 Å². The summed E-state index contributed by atoms with van der Waals surface area (Å²) in [4.78, 5) is 26.0. The minimum absolute atomic E-state index is 0.00960. The second-order valence-corrected chi connectivity index (χ2v) is 4.01. The van der Waals surface area contributed by atoms with Crippen LogP contribution in [0.1, 0.15) is 18.5 Å². The SMILES string of the molecule is O=C1CC(C(=O)O)(c2cccc(Cl)n2)C1. The summed E-state index contributed by atoms with van der Waals surface area (Å²) >= 11 is 5.68. The molecule has 0 spiro atoms. The Labute approximate surface area is 90.9 Å². The van der Waals surface area contributed by atoms with Crippen molar-refractivity contribution < 1.29 is 14.7 Å². The molecule has 15 heavy (non-hydrogen) atoms. The van der Waals surface area contributed by atoms with Gasteiger partial charge in [0.1, 0.15) is 16.4 Å². The van der Waals surface area contributed by atoms with E-state index in [-0.39, 0.29) is 23.8 Å². The number of ketones is 1. The molecule has 0 aromatic carbocycles. The van der Waals surface area contributed by atoms with Crippen LogP contribution in [-0.2, 0) is 15.0 Å². The molecule has 0 radical (unpaired) electrons. The van der Waals surface area contributed by atoms with Crippen LogP contribution in [0.15, 0.2) is 18.2 Å². The van der Waals surface area contributed by atoms with Gasteiger partial charge in [-0.05, 0) is 12.1 Å². The molecule has 0 aliphatic heterocycles. The van der Waals surface area contributed by atoms with Gasteiger partial charge in [0.15, 0.2) is 0 Å². The van der Waals surface area contributed by atoms with E-state index in [1.54, 1.807) is 18.2 Å². The molecular formula is C10H8ClNO3. The summed E-state index contributed by atoms with van der Waals surface area (Å²) in [6, 6.07) is 4.80. The quantitative estimate of drug-likeness (QED) is 0.773. The number of rotatable bonds is 2. The van der Waals surface area contributed by atoms with E-state index in [0.29, 0.717) is 5.69 Å². The molecule has 4 nitrogen and oxygen atoms in total. The lowest BCUT2D eigenvalue weighted by atomic mass is 9.65. The lowest BCUT2D eigenvalue weighted by Gasteiger charge is -2.35. The van der Waals surface area contributed by atoms with Crippen molar-refractivity contribution in [1.82, 2.24) is 4.98 Å². The van der Waals surface area contributed by atoms with E-state index in [1.807, 2.05) is 0 Å². The zero-order valence-electron chi connectivity index (χ0n) is 7.74. The number of hydrogen-bond donors (Lipinski definition) is 1. The number of carbonyl (C=O) groups is 2. The molecule has 1 aromatic heterocycles. The van der Waals surface area contributed by atoms with Crippen molar-refractivity contribution in [1.29, 1.82) is 0 Å². The van der Waals surface area contributed by atoms with E-state index in [9.17, 15) is 9.59 Å². The summed E-state index contributed by atoms with van der Waals surface area (Å²) in [6.45, 7) is 0. The minimum atomic E-state index is -1.15. The third-order valence-electron chi connectivity index (χ3n) is 2.61. The van der Waals surface area contributed by atoms with Gasteiger partial charge in [-0.1, -0.05) is 17.7 Å². The normalized spacial score (nSPS) is 18.3. The molecule has 0 unspecified atom stereocenters. The first-order valence-electron chi connectivity index (χ1n) is 4.43. The monoisotopic (exact) mass is 225 g/mol. The zero-order chi connectivity index (χ0) is 11.1. The van der Waals surface area contributed by atoms with Gasteiger partial charge in [0.05, 0.1) is 5.69 Å². The highest BCUT2D eigenvalue weighted by molar-refractivity contribution is 6.29. The van der Waals surface area contributed by atoms with Crippen LogP contribution in [0.2, 0.25) is 5.15 Å². The van der Waals surface area contributed by atoms with E-state index in [2.05, 4.69) is 4.98 Å². The van der Waals surface area contributed by atoms with E-state index >= 15 is 0 Å². The number of carboxylic acid groups (broad SMARTS) is 1. The van der Waals surface area contributed by atoms with Crippen molar-refractivity contribution in [3.8, 4) is 0 Å². The average Bonchev–Trinajstić information content (AvgIpc) is 2.12. The van der Waals surface area contributed by atoms with Crippen LogP contribution < -0.4 is 0 Å². The fourth-order valence-electron chi connectivity index (χ4n) is 1.74. The van der Waals surface area contributed by atoms with Crippen LogP contribution in [0, 0.1) is 0 Å². The maximum Gasteiger partial charge on any atom is 0.316 e. The summed E-state index contributed by atoms with van der Waals surface area (Å²) < 4.78 is 0.